The van der Waals surface area contributed by atoms with Gasteiger partial charge < -0.3 is 29.9 Å². The second kappa shape index (κ2) is 17.8. The fourth-order valence-corrected chi connectivity index (χ4v) is 9.27. The van der Waals surface area contributed by atoms with Crippen LogP contribution in [-0.2, 0) is 20.4 Å². The molecule has 2 amide bonds. The van der Waals surface area contributed by atoms with Gasteiger partial charge >= 0.3 is 23.6 Å². The quantitative estimate of drug-likeness (QED) is 0.0963. The number of aromatic nitrogens is 2. The van der Waals surface area contributed by atoms with Crippen molar-refractivity contribution >= 4 is 79.5 Å². The van der Waals surface area contributed by atoms with Crippen LogP contribution in [0, 0.1) is 19.7 Å². The third-order valence-corrected chi connectivity index (χ3v) is 13.2. The lowest BCUT2D eigenvalue weighted by atomic mass is 9.59. The summed E-state index contributed by atoms with van der Waals surface area (Å²) in [5.74, 6) is -4.03. The summed E-state index contributed by atoms with van der Waals surface area (Å²) < 4.78 is 108. The smallest absolute Gasteiger partial charge is 0.373 e. The number of rotatable bonds is 10. The number of hydrogen-bond acceptors (Lipinski definition) is 10. The van der Waals surface area contributed by atoms with Crippen LogP contribution >= 0.6 is 34.8 Å². The van der Waals surface area contributed by atoms with E-state index in [9.17, 15) is 60.1 Å². The number of halogens is 10. The number of amides is 2. The Bertz CT molecular complexity index is 3070. The first kappa shape index (κ1) is 49.3. The van der Waals surface area contributed by atoms with E-state index < -0.39 is 76.1 Å². The minimum atomic E-state index is -5.34. The van der Waals surface area contributed by atoms with E-state index in [4.69, 9.17) is 34.8 Å². The average Bonchev–Trinajstić information content (AvgIpc) is 4.02. The summed E-state index contributed by atoms with van der Waals surface area (Å²) >= 11 is 18.3. The Labute approximate surface area is 389 Å². The van der Waals surface area contributed by atoms with E-state index in [2.05, 4.69) is 30.0 Å². The molecule has 0 saturated heterocycles. The highest BCUT2D eigenvalue weighted by atomic mass is 35.5. The molecule has 0 aliphatic heterocycles. The Balaban J connectivity index is 0.000000199. The summed E-state index contributed by atoms with van der Waals surface area (Å²) in [6, 6.07) is 15.4. The second-order valence-electron chi connectivity index (χ2n) is 16.8. The van der Waals surface area contributed by atoms with Crippen molar-refractivity contribution in [1.29, 1.82) is 0 Å². The minimum Gasteiger partial charge on any atom is -0.373 e. The zero-order valence-corrected chi connectivity index (χ0v) is 37.2. The molecule has 6 aromatic rings. The number of anilines is 2. The molecule has 2 aromatic heterocycles. The summed E-state index contributed by atoms with van der Waals surface area (Å²) in [7, 11) is 0. The van der Waals surface area contributed by atoms with Gasteiger partial charge in [0, 0.05) is 60.9 Å². The number of benzene rings is 4. The zero-order valence-electron chi connectivity index (χ0n) is 34.9. The molecule has 8 rings (SSSR count). The predicted octanol–water partition coefficient (Wildman–Crippen LogP) is 10.2. The first-order valence-corrected chi connectivity index (χ1v) is 21.3. The Kier molecular flexibility index (Phi) is 13.1. The number of fused-ring (bicyclic) bond motifs is 2. The molecule has 22 heteroatoms. The Hall–Kier alpha value is -5.60. The van der Waals surface area contributed by atoms with E-state index >= 15 is 0 Å². The maximum absolute atomic E-state index is 14.1. The molecule has 2 unspecified atom stereocenters. The molecular weight excluding hydrogens is 964 g/mol. The summed E-state index contributed by atoms with van der Waals surface area (Å²) in [4.78, 5) is 49.3. The predicted molar refractivity (Wildman–Crippen MR) is 233 cm³/mol. The number of hydrogen-bond donors (Lipinski definition) is 4. The van der Waals surface area contributed by atoms with Gasteiger partial charge in [0.1, 0.15) is 5.82 Å². The van der Waals surface area contributed by atoms with Gasteiger partial charge in [-0.2, -0.15) is 26.3 Å². The number of alkyl halides is 6. The summed E-state index contributed by atoms with van der Waals surface area (Å²) in [5.41, 5.74) is -10.4. The largest absolute Gasteiger partial charge is 0.426 e. The monoisotopic (exact) mass is 998 g/mol. The third-order valence-electron chi connectivity index (χ3n) is 12.3. The lowest BCUT2D eigenvalue weighted by molar-refractivity contribution is -0.257. The highest BCUT2D eigenvalue weighted by molar-refractivity contribution is 6.35. The Morgan fingerprint density at radius 2 is 1.09 bits per heavy atom. The van der Waals surface area contributed by atoms with Crippen molar-refractivity contribution in [1.82, 2.24) is 10.3 Å². The number of carbonyl (C=O) groups is 2. The van der Waals surface area contributed by atoms with Gasteiger partial charge in [0.25, 0.3) is 11.8 Å². The molecule has 0 bridgehead atoms. The van der Waals surface area contributed by atoms with Crippen LogP contribution in [0.5, 0.6) is 0 Å². The molecule has 354 valence electrons. The van der Waals surface area contributed by atoms with Gasteiger partial charge in [-0.3, -0.25) is 9.59 Å². The van der Waals surface area contributed by atoms with Crippen LogP contribution in [0.15, 0.2) is 91.4 Å². The van der Waals surface area contributed by atoms with Gasteiger partial charge in [-0.1, -0.05) is 57.6 Å². The standard InChI is InChI=1S/C23H19ClF4N2O4.C22H17Cl2F3N2O4/c1-12-16-10-14(4-5-15(16)19(31)34-30-12)29-20(32)22(33,23(26,27)28)11-21(7-2-8-21)17-9-13(25)3-6-18(17)24;1-11-15-9-13(3-4-14(15)18(30)33-29-11)28-19(31)21(32,22(25,26)27)10-20(6-7-20)16-5-2-12(23)8-17(16)24/h3-6,9-10,33H,2,7-8,11H2,1H3,(H,29,32);2-5,8-9,32H,6-7,10H2,1H3,(H,28,31). The minimum absolute atomic E-state index is 0.0416. The van der Waals surface area contributed by atoms with Gasteiger partial charge in [0.15, 0.2) is 0 Å². The molecular formula is C45H36Cl3F7N4O8. The first-order chi connectivity index (χ1) is 31.2. The molecule has 2 saturated carbocycles. The first-order valence-electron chi connectivity index (χ1n) is 20.2. The number of carbonyl (C=O) groups excluding carboxylic acids is 2. The van der Waals surface area contributed by atoms with Gasteiger partial charge in [-0.05, 0) is 117 Å². The van der Waals surface area contributed by atoms with Crippen LogP contribution in [0.2, 0.25) is 15.1 Å². The van der Waals surface area contributed by atoms with Crippen molar-refractivity contribution in [3.8, 4) is 0 Å². The van der Waals surface area contributed by atoms with Crippen molar-refractivity contribution in [2.24, 2.45) is 0 Å². The van der Waals surface area contributed by atoms with Crippen molar-refractivity contribution < 1.29 is 59.6 Å². The maximum Gasteiger partial charge on any atom is 0.426 e. The molecule has 67 heavy (non-hydrogen) atoms. The van der Waals surface area contributed by atoms with E-state index in [1.54, 1.807) is 0 Å². The fraction of sp³-hybridized carbons (Fsp3) is 0.333. The molecule has 4 N–H and O–H groups in total. The molecule has 2 heterocycles. The molecule has 0 radical (unpaired) electrons. The average molecular weight is 1000 g/mol. The lowest BCUT2D eigenvalue weighted by Gasteiger charge is -2.47. The lowest BCUT2D eigenvalue weighted by Crippen LogP contribution is -2.59. The van der Waals surface area contributed by atoms with E-state index in [0.717, 1.165) is 12.1 Å². The van der Waals surface area contributed by atoms with Gasteiger partial charge in [0.2, 0.25) is 11.2 Å². The number of aliphatic hydroxyl groups is 2. The summed E-state index contributed by atoms with van der Waals surface area (Å²) in [6.07, 6.45) is -11.0. The van der Waals surface area contributed by atoms with Gasteiger partial charge in [-0.25, -0.2) is 14.0 Å². The Morgan fingerprint density at radius 1 is 0.627 bits per heavy atom. The van der Waals surface area contributed by atoms with Crippen molar-refractivity contribution in [3.05, 3.63) is 137 Å². The van der Waals surface area contributed by atoms with Crippen LogP contribution < -0.4 is 21.9 Å². The number of nitrogens with one attached hydrogen (secondary N) is 2. The molecule has 4 aromatic carbocycles. The summed E-state index contributed by atoms with van der Waals surface area (Å²) in [6.45, 7) is 3.06. The van der Waals surface area contributed by atoms with Crippen LogP contribution in [0.3, 0.4) is 0 Å². The number of nitrogens with zero attached hydrogens (tertiary/aromatic N) is 2. The molecule has 2 aliphatic rings. The van der Waals surface area contributed by atoms with E-state index in [1.165, 1.54) is 74.5 Å². The van der Waals surface area contributed by atoms with Crippen molar-refractivity contribution in [2.45, 2.75) is 93.2 Å². The SMILES string of the molecule is Cc1noc(=O)c2ccc(NC(=O)C(O)(CC3(c4cc(F)ccc4Cl)CCC3)C(F)(F)F)cc12.Cc1noc(=O)c2ccc(NC(=O)C(O)(CC3(c4ccc(Cl)cc4Cl)CC3)C(F)(F)F)cc12. The molecule has 2 aliphatic carbocycles. The topological polar surface area (TPSA) is 185 Å². The third kappa shape index (κ3) is 9.48. The fourth-order valence-electron chi connectivity index (χ4n) is 8.34. The van der Waals surface area contributed by atoms with Crippen LogP contribution in [-0.4, -0.2) is 55.9 Å². The van der Waals surface area contributed by atoms with Crippen LogP contribution in [0.4, 0.5) is 42.1 Å². The normalized spacial score (nSPS) is 17.0. The second-order valence-corrected chi connectivity index (χ2v) is 18.0. The molecule has 0 spiro atoms. The summed E-state index contributed by atoms with van der Waals surface area (Å²) in [5, 5.41) is 34.2. The van der Waals surface area contributed by atoms with E-state index in [-0.39, 0.29) is 61.7 Å². The van der Waals surface area contributed by atoms with Crippen LogP contribution in [0.1, 0.15) is 67.5 Å². The zero-order chi connectivity index (χ0) is 49.1. The van der Waals surface area contributed by atoms with Crippen molar-refractivity contribution in [2.75, 3.05) is 10.6 Å². The van der Waals surface area contributed by atoms with Crippen molar-refractivity contribution in [3.63, 3.8) is 0 Å². The number of aryl methyl sites for hydroxylation is 2. The molecule has 2 atom stereocenters. The van der Waals surface area contributed by atoms with Crippen LogP contribution in [0.25, 0.3) is 21.5 Å². The van der Waals surface area contributed by atoms with E-state index in [0.29, 0.717) is 40.9 Å². The van der Waals surface area contributed by atoms with Gasteiger partial charge in [-0.15, -0.1) is 0 Å². The highest BCUT2D eigenvalue weighted by Gasteiger charge is 2.66. The van der Waals surface area contributed by atoms with Gasteiger partial charge in [0.05, 0.1) is 22.2 Å². The highest BCUT2D eigenvalue weighted by Crippen LogP contribution is 2.58. The Morgan fingerprint density at radius 3 is 1.49 bits per heavy atom. The molecule has 12 nitrogen and oxygen atoms in total. The maximum atomic E-state index is 14.1. The van der Waals surface area contributed by atoms with E-state index in [1.807, 2.05) is 0 Å². The molecule has 2 fully saturated rings.